The predicted octanol–water partition coefficient (Wildman–Crippen LogP) is 4.95. The van der Waals surface area contributed by atoms with Crippen molar-refractivity contribution in [1.82, 2.24) is 19.8 Å². The Morgan fingerprint density at radius 1 is 1.00 bits per heavy atom. The molecule has 0 spiro atoms. The summed E-state index contributed by atoms with van der Waals surface area (Å²) in [6.07, 6.45) is -4.70. The maximum atomic E-state index is 13.0. The lowest BCUT2D eigenvalue weighted by Gasteiger charge is -2.09. The first-order valence-corrected chi connectivity index (χ1v) is 9.24. The highest BCUT2D eigenvalue weighted by Crippen LogP contribution is 2.28. The zero-order chi connectivity index (χ0) is 21.3. The van der Waals surface area contributed by atoms with Gasteiger partial charge >= 0.3 is 6.18 Å². The van der Waals surface area contributed by atoms with Crippen LogP contribution in [0.2, 0.25) is 0 Å². The van der Waals surface area contributed by atoms with Gasteiger partial charge in [0, 0.05) is 16.2 Å². The van der Waals surface area contributed by atoms with Crippen molar-refractivity contribution in [2.24, 2.45) is 0 Å². The van der Waals surface area contributed by atoms with Gasteiger partial charge in [0.25, 0.3) is 11.7 Å². The van der Waals surface area contributed by atoms with Crippen LogP contribution in [0.25, 0.3) is 5.65 Å². The molecule has 0 fully saturated rings. The highest BCUT2D eigenvalue weighted by atomic mass is 79.9. The number of carbonyl (C=O) groups excluding carboxylic acids is 1. The first-order chi connectivity index (χ1) is 14.3. The molecule has 0 radical (unpaired) electrons. The number of alkyl halides is 3. The molecular formula is C19H11BrF3N5O2. The number of nitrogens with one attached hydrogen (secondary N) is 1. The van der Waals surface area contributed by atoms with E-state index in [4.69, 9.17) is 4.74 Å². The molecule has 0 aliphatic heterocycles. The topological polar surface area (TPSA) is 81.4 Å². The first-order valence-electron chi connectivity index (χ1n) is 8.45. The average Bonchev–Trinajstić information content (AvgIpc) is 3.13. The molecule has 11 heteroatoms. The minimum atomic E-state index is -4.70. The van der Waals surface area contributed by atoms with Crippen LogP contribution in [0.1, 0.15) is 16.2 Å². The SMILES string of the molecule is O=C(Nc1ccc(Oc2ccc3nnc(C(F)(F)F)n3n2)cc1)c1ccccc1Br. The summed E-state index contributed by atoms with van der Waals surface area (Å²) in [7, 11) is 0. The van der Waals surface area contributed by atoms with Gasteiger partial charge in [0.15, 0.2) is 5.65 Å². The molecule has 0 atom stereocenters. The number of ether oxygens (including phenoxy) is 1. The third kappa shape index (κ3) is 4.10. The molecule has 2 aromatic carbocycles. The van der Waals surface area contributed by atoms with E-state index in [2.05, 4.69) is 36.5 Å². The van der Waals surface area contributed by atoms with Gasteiger partial charge in [-0.15, -0.1) is 15.3 Å². The third-order valence-corrected chi connectivity index (χ3v) is 4.64. The number of anilines is 1. The highest BCUT2D eigenvalue weighted by molar-refractivity contribution is 9.10. The summed E-state index contributed by atoms with van der Waals surface area (Å²) in [6, 6.07) is 16.0. The van der Waals surface area contributed by atoms with Gasteiger partial charge < -0.3 is 10.1 Å². The van der Waals surface area contributed by atoms with Crippen LogP contribution in [0.3, 0.4) is 0 Å². The fourth-order valence-corrected chi connectivity index (χ4v) is 3.04. The molecule has 152 valence electrons. The van der Waals surface area contributed by atoms with E-state index >= 15 is 0 Å². The number of fused-ring (bicyclic) bond motifs is 1. The molecule has 0 unspecified atom stereocenters. The Morgan fingerprint density at radius 3 is 2.43 bits per heavy atom. The fraction of sp³-hybridized carbons (Fsp3) is 0.0526. The van der Waals surface area contributed by atoms with Gasteiger partial charge in [0.05, 0.1) is 5.56 Å². The van der Waals surface area contributed by atoms with Crippen molar-refractivity contribution in [2.75, 3.05) is 5.32 Å². The van der Waals surface area contributed by atoms with Gasteiger partial charge in [-0.05, 0) is 58.4 Å². The van der Waals surface area contributed by atoms with Crippen LogP contribution in [0, 0.1) is 0 Å². The zero-order valence-electron chi connectivity index (χ0n) is 14.9. The van der Waals surface area contributed by atoms with Gasteiger partial charge in [-0.3, -0.25) is 4.79 Å². The number of benzene rings is 2. The number of halogens is 4. The van der Waals surface area contributed by atoms with Crippen LogP contribution in [0.15, 0.2) is 65.1 Å². The third-order valence-electron chi connectivity index (χ3n) is 3.94. The van der Waals surface area contributed by atoms with Crippen molar-refractivity contribution in [3.8, 4) is 11.6 Å². The maximum Gasteiger partial charge on any atom is 0.453 e. The summed E-state index contributed by atoms with van der Waals surface area (Å²) in [5.41, 5.74) is 0.939. The Morgan fingerprint density at radius 2 is 1.73 bits per heavy atom. The van der Waals surface area contributed by atoms with Gasteiger partial charge in [-0.25, -0.2) is 0 Å². The van der Waals surface area contributed by atoms with E-state index in [-0.39, 0.29) is 17.4 Å². The lowest BCUT2D eigenvalue weighted by atomic mass is 10.2. The summed E-state index contributed by atoms with van der Waals surface area (Å²) < 4.78 is 45.6. The molecule has 0 aliphatic rings. The second-order valence-corrected chi connectivity index (χ2v) is 6.88. The fourth-order valence-electron chi connectivity index (χ4n) is 2.57. The van der Waals surface area contributed by atoms with Crippen LogP contribution in [0.5, 0.6) is 11.6 Å². The largest absolute Gasteiger partial charge is 0.453 e. The molecule has 0 aliphatic carbocycles. The number of amides is 1. The van der Waals surface area contributed by atoms with E-state index < -0.39 is 12.0 Å². The molecular weight excluding hydrogens is 467 g/mol. The Hall–Kier alpha value is -3.47. The van der Waals surface area contributed by atoms with Gasteiger partial charge in [0.2, 0.25) is 5.88 Å². The van der Waals surface area contributed by atoms with Crippen molar-refractivity contribution >= 4 is 33.2 Å². The molecule has 30 heavy (non-hydrogen) atoms. The monoisotopic (exact) mass is 477 g/mol. The van der Waals surface area contributed by atoms with E-state index in [1.165, 1.54) is 12.1 Å². The smallest absolute Gasteiger partial charge is 0.438 e. The first kappa shape index (κ1) is 19.8. The number of nitrogens with zero attached hydrogens (tertiary/aromatic N) is 4. The number of hydrogen-bond donors (Lipinski definition) is 1. The Kier molecular flexibility index (Phi) is 5.12. The van der Waals surface area contributed by atoms with Crippen molar-refractivity contribution in [1.29, 1.82) is 0 Å². The van der Waals surface area contributed by atoms with Crippen LogP contribution in [0.4, 0.5) is 18.9 Å². The molecule has 4 aromatic rings. The lowest BCUT2D eigenvalue weighted by molar-refractivity contribution is -0.146. The molecule has 4 rings (SSSR count). The second-order valence-electron chi connectivity index (χ2n) is 6.02. The molecule has 1 N–H and O–H groups in total. The molecule has 1 amide bonds. The average molecular weight is 478 g/mol. The number of hydrogen-bond acceptors (Lipinski definition) is 5. The summed E-state index contributed by atoms with van der Waals surface area (Å²) in [5, 5.41) is 13.1. The molecule has 0 bridgehead atoms. The van der Waals surface area contributed by atoms with E-state index in [0.717, 1.165) is 0 Å². The van der Waals surface area contributed by atoms with E-state index in [0.29, 0.717) is 26.0 Å². The van der Waals surface area contributed by atoms with Crippen LogP contribution < -0.4 is 10.1 Å². The van der Waals surface area contributed by atoms with Crippen molar-refractivity contribution in [3.63, 3.8) is 0 Å². The molecule has 0 saturated heterocycles. The molecule has 2 heterocycles. The number of aromatic nitrogens is 4. The van der Waals surface area contributed by atoms with E-state index in [1.807, 2.05) is 0 Å². The summed E-state index contributed by atoms with van der Waals surface area (Å²) in [5.74, 6) is -1.29. The minimum Gasteiger partial charge on any atom is -0.438 e. The molecule has 7 nitrogen and oxygen atoms in total. The predicted molar refractivity (Wildman–Crippen MR) is 104 cm³/mol. The Balaban J connectivity index is 1.50. The quantitative estimate of drug-likeness (QED) is 0.449. The van der Waals surface area contributed by atoms with Crippen molar-refractivity contribution in [2.45, 2.75) is 6.18 Å². The van der Waals surface area contributed by atoms with E-state index in [1.54, 1.807) is 48.5 Å². The van der Waals surface area contributed by atoms with Gasteiger partial charge in [0.1, 0.15) is 5.75 Å². The van der Waals surface area contributed by atoms with Gasteiger partial charge in [-0.2, -0.15) is 17.7 Å². The highest BCUT2D eigenvalue weighted by Gasteiger charge is 2.37. The van der Waals surface area contributed by atoms with Crippen molar-refractivity contribution in [3.05, 3.63) is 76.5 Å². The van der Waals surface area contributed by atoms with Crippen LogP contribution >= 0.6 is 15.9 Å². The maximum absolute atomic E-state index is 13.0. The van der Waals surface area contributed by atoms with Crippen molar-refractivity contribution < 1.29 is 22.7 Å². The number of rotatable bonds is 4. The van der Waals surface area contributed by atoms with Crippen LogP contribution in [-0.2, 0) is 6.18 Å². The zero-order valence-corrected chi connectivity index (χ0v) is 16.5. The normalized spacial score (nSPS) is 11.5. The molecule has 2 aromatic heterocycles. The summed E-state index contributed by atoms with van der Waals surface area (Å²) >= 11 is 3.32. The minimum absolute atomic E-state index is 0.0557. The van der Waals surface area contributed by atoms with Crippen LogP contribution in [-0.4, -0.2) is 25.7 Å². The van der Waals surface area contributed by atoms with Gasteiger partial charge in [-0.1, -0.05) is 12.1 Å². The summed E-state index contributed by atoms with van der Waals surface area (Å²) in [4.78, 5) is 12.3. The van der Waals surface area contributed by atoms with E-state index in [9.17, 15) is 18.0 Å². The Bertz CT molecular complexity index is 1230. The Labute approximate surface area is 175 Å². The number of carbonyl (C=O) groups is 1. The summed E-state index contributed by atoms with van der Waals surface area (Å²) in [6.45, 7) is 0. The second kappa shape index (κ2) is 7.75. The lowest BCUT2D eigenvalue weighted by Crippen LogP contribution is -2.12. The molecule has 0 saturated carbocycles. The standard InChI is InChI=1S/C19H11BrF3N5O2/c20-14-4-2-1-3-13(14)17(29)24-11-5-7-12(8-6-11)30-16-10-9-15-25-26-18(19(21,22)23)28(15)27-16/h1-10H,(H,24,29).